The highest BCUT2D eigenvalue weighted by atomic mass is 19.1. The summed E-state index contributed by atoms with van der Waals surface area (Å²) in [7, 11) is 0. The fraction of sp³-hybridized carbons (Fsp3) is 0.200. The van der Waals surface area contributed by atoms with E-state index >= 15 is 0 Å². The first-order valence-electron chi connectivity index (χ1n) is 5.79. The Morgan fingerprint density at radius 1 is 0.722 bits per heavy atom. The van der Waals surface area contributed by atoms with Crippen molar-refractivity contribution >= 4 is 0 Å². The van der Waals surface area contributed by atoms with Crippen molar-refractivity contribution in [3.63, 3.8) is 0 Å². The zero-order chi connectivity index (χ0) is 13.7. The van der Waals surface area contributed by atoms with Crippen LogP contribution in [0, 0.1) is 24.4 Å². The van der Waals surface area contributed by atoms with E-state index in [9.17, 15) is 13.2 Å². The Kier molecular flexibility index (Phi) is 4.95. The molecular weight excluding hydrogens is 237 g/mol. The summed E-state index contributed by atoms with van der Waals surface area (Å²) >= 11 is 0. The molecule has 0 N–H and O–H groups in total. The number of halogens is 3. The maximum atomic E-state index is 13.6. The Hall–Kier alpha value is -1.77. The normalized spacial score (nSPS) is 9.67. The Morgan fingerprint density at radius 2 is 1.22 bits per heavy atom. The molecule has 0 aliphatic heterocycles. The summed E-state index contributed by atoms with van der Waals surface area (Å²) in [5.74, 6) is -1.94. The third kappa shape index (κ3) is 3.13. The Balaban J connectivity index is 0.000000771. The van der Waals surface area contributed by atoms with E-state index in [0.29, 0.717) is 0 Å². The Labute approximate surface area is 105 Å². The molecule has 2 aromatic rings. The van der Waals surface area contributed by atoms with Crippen molar-refractivity contribution in [3.8, 4) is 11.1 Å². The lowest BCUT2D eigenvalue weighted by molar-refractivity contribution is 0.582. The number of hydrogen-bond donors (Lipinski definition) is 0. The van der Waals surface area contributed by atoms with Crippen LogP contribution in [0.1, 0.15) is 19.4 Å². The molecule has 0 aromatic heterocycles. The molecule has 0 saturated carbocycles. The molecule has 2 aromatic carbocycles. The van der Waals surface area contributed by atoms with Crippen LogP contribution in [0.15, 0.2) is 36.4 Å². The van der Waals surface area contributed by atoms with E-state index in [-0.39, 0.29) is 11.1 Å². The van der Waals surface area contributed by atoms with Gasteiger partial charge in [-0.25, -0.2) is 13.2 Å². The van der Waals surface area contributed by atoms with E-state index in [2.05, 4.69) is 0 Å². The molecule has 0 saturated heterocycles. The van der Waals surface area contributed by atoms with Gasteiger partial charge in [-0.3, -0.25) is 0 Å². The minimum Gasteiger partial charge on any atom is -0.207 e. The number of rotatable bonds is 1. The zero-order valence-corrected chi connectivity index (χ0v) is 10.6. The average molecular weight is 252 g/mol. The van der Waals surface area contributed by atoms with Gasteiger partial charge in [0.05, 0.1) is 0 Å². The molecule has 0 fully saturated rings. The van der Waals surface area contributed by atoms with Crippen LogP contribution in [0.25, 0.3) is 11.1 Å². The third-order valence-electron chi connectivity index (χ3n) is 2.35. The standard InChI is InChI=1S/C13H9F3.C2H6/c1-8-2-4-10(12(15)6-8)11-5-3-9(14)7-13(11)16;1-2/h2-7H,1H3;1-2H3. The number of hydrogen-bond acceptors (Lipinski definition) is 0. The molecule has 0 aliphatic carbocycles. The molecule has 96 valence electrons. The topological polar surface area (TPSA) is 0 Å². The Bertz CT molecular complexity index is 484. The molecular formula is C15H15F3. The summed E-state index contributed by atoms with van der Waals surface area (Å²) in [6.45, 7) is 5.74. The van der Waals surface area contributed by atoms with Gasteiger partial charge in [-0.2, -0.15) is 0 Å². The SMILES string of the molecule is CC.Cc1ccc(-c2ccc(F)cc2F)c(F)c1. The quantitative estimate of drug-likeness (QED) is 0.662. The summed E-state index contributed by atoms with van der Waals surface area (Å²) in [4.78, 5) is 0. The summed E-state index contributed by atoms with van der Waals surface area (Å²) in [5, 5.41) is 0. The van der Waals surface area contributed by atoms with Gasteiger partial charge in [0, 0.05) is 17.2 Å². The van der Waals surface area contributed by atoms with Crippen molar-refractivity contribution in [2.75, 3.05) is 0 Å². The summed E-state index contributed by atoms with van der Waals surface area (Å²) in [6, 6.07) is 7.57. The van der Waals surface area contributed by atoms with Gasteiger partial charge < -0.3 is 0 Å². The van der Waals surface area contributed by atoms with Crippen molar-refractivity contribution in [1.29, 1.82) is 0 Å². The molecule has 18 heavy (non-hydrogen) atoms. The van der Waals surface area contributed by atoms with Crippen molar-refractivity contribution in [3.05, 3.63) is 59.4 Å². The molecule has 0 bridgehead atoms. The molecule has 0 unspecified atom stereocenters. The second-order valence-electron chi connectivity index (χ2n) is 3.61. The molecule has 2 rings (SSSR count). The molecule has 0 heterocycles. The minimum absolute atomic E-state index is 0.0684. The largest absolute Gasteiger partial charge is 0.207 e. The number of benzene rings is 2. The molecule has 0 atom stereocenters. The first-order valence-corrected chi connectivity index (χ1v) is 5.79. The van der Waals surface area contributed by atoms with Crippen LogP contribution in [0.3, 0.4) is 0 Å². The summed E-state index contributed by atoms with van der Waals surface area (Å²) in [6.07, 6.45) is 0. The van der Waals surface area contributed by atoms with Gasteiger partial charge in [0.25, 0.3) is 0 Å². The van der Waals surface area contributed by atoms with Gasteiger partial charge in [0.15, 0.2) is 0 Å². The monoisotopic (exact) mass is 252 g/mol. The molecule has 3 heteroatoms. The fourth-order valence-corrected chi connectivity index (χ4v) is 1.55. The van der Waals surface area contributed by atoms with Crippen LogP contribution >= 0.6 is 0 Å². The van der Waals surface area contributed by atoms with Gasteiger partial charge in [-0.1, -0.05) is 26.0 Å². The van der Waals surface area contributed by atoms with Gasteiger partial charge in [-0.15, -0.1) is 0 Å². The molecule has 0 spiro atoms. The first-order chi connectivity index (χ1) is 8.58. The maximum Gasteiger partial charge on any atom is 0.134 e. The molecule has 0 amide bonds. The van der Waals surface area contributed by atoms with E-state index in [1.807, 2.05) is 13.8 Å². The van der Waals surface area contributed by atoms with Gasteiger partial charge in [0.2, 0.25) is 0 Å². The second-order valence-corrected chi connectivity index (χ2v) is 3.61. The number of aryl methyl sites for hydroxylation is 1. The van der Waals surface area contributed by atoms with Crippen LogP contribution in [-0.4, -0.2) is 0 Å². The van der Waals surface area contributed by atoms with Gasteiger partial charge >= 0.3 is 0 Å². The lowest BCUT2D eigenvalue weighted by atomic mass is 10.0. The second kappa shape index (κ2) is 6.24. The maximum absolute atomic E-state index is 13.6. The highest BCUT2D eigenvalue weighted by molar-refractivity contribution is 5.65. The van der Waals surface area contributed by atoms with Crippen molar-refractivity contribution in [2.24, 2.45) is 0 Å². The Morgan fingerprint density at radius 3 is 1.72 bits per heavy atom. The van der Waals surface area contributed by atoms with E-state index in [1.54, 1.807) is 13.0 Å². The predicted octanol–water partition coefficient (Wildman–Crippen LogP) is 5.11. The van der Waals surface area contributed by atoms with E-state index in [0.717, 1.165) is 17.7 Å². The summed E-state index contributed by atoms with van der Waals surface area (Å²) in [5.41, 5.74) is 0.964. The lowest BCUT2D eigenvalue weighted by Crippen LogP contribution is -1.90. The van der Waals surface area contributed by atoms with Crippen LogP contribution in [0.4, 0.5) is 13.2 Å². The van der Waals surface area contributed by atoms with Gasteiger partial charge in [0.1, 0.15) is 17.5 Å². The lowest BCUT2D eigenvalue weighted by Gasteiger charge is -2.05. The van der Waals surface area contributed by atoms with Crippen LogP contribution < -0.4 is 0 Å². The van der Waals surface area contributed by atoms with Crippen molar-refractivity contribution < 1.29 is 13.2 Å². The first kappa shape index (κ1) is 14.3. The summed E-state index contributed by atoms with van der Waals surface area (Å²) < 4.78 is 39.7. The van der Waals surface area contributed by atoms with Crippen molar-refractivity contribution in [2.45, 2.75) is 20.8 Å². The molecule has 0 aliphatic rings. The van der Waals surface area contributed by atoms with E-state index in [4.69, 9.17) is 0 Å². The molecule has 0 nitrogen and oxygen atoms in total. The third-order valence-corrected chi connectivity index (χ3v) is 2.35. The predicted molar refractivity (Wildman–Crippen MR) is 67.8 cm³/mol. The van der Waals surface area contributed by atoms with Crippen molar-refractivity contribution in [1.82, 2.24) is 0 Å². The van der Waals surface area contributed by atoms with Crippen LogP contribution in [0.2, 0.25) is 0 Å². The highest BCUT2D eigenvalue weighted by Gasteiger charge is 2.10. The zero-order valence-electron chi connectivity index (χ0n) is 10.6. The van der Waals surface area contributed by atoms with E-state index in [1.165, 1.54) is 18.2 Å². The van der Waals surface area contributed by atoms with Crippen LogP contribution in [-0.2, 0) is 0 Å². The highest BCUT2D eigenvalue weighted by Crippen LogP contribution is 2.26. The van der Waals surface area contributed by atoms with Crippen LogP contribution in [0.5, 0.6) is 0 Å². The smallest absolute Gasteiger partial charge is 0.134 e. The molecule has 0 radical (unpaired) electrons. The minimum atomic E-state index is -0.761. The van der Waals surface area contributed by atoms with E-state index < -0.39 is 17.5 Å². The van der Waals surface area contributed by atoms with Gasteiger partial charge in [-0.05, 0) is 30.7 Å². The average Bonchev–Trinajstić information content (AvgIpc) is 2.33. The fourth-order valence-electron chi connectivity index (χ4n) is 1.55.